The summed E-state index contributed by atoms with van der Waals surface area (Å²) in [4.78, 5) is 15.8. The van der Waals surface area contributed by atoms with Crippen molar-refractivity contribution in [3.05, 3.63) is 11.6 Å². The Morgan fingerprint density at radius 2 is 2.11 bits per heavy atom. The Bertz CT molecular complexity index is 422. The molecule has 5 nitrogen and oxygen atoms in total. The van der Waals surface area contributed by atoms with E-state index in [0.717, 1.165) is 24.6 Å². The van der Waals surface area contributed by atoms with Gasteiger partial charge in [0.15, 0.2) is 0 Å². The molecule has 1 heterocycles. The van der Waals surface area contributed by atoms with E-state index in [0.29, 0.717) is 6.61 Å². The molecule has 2 rings (SSSR count). The first-order valence-corrected chi connectivity index (χ1v) is 7.27. The molecule has 0 atom stereocenters. The Balaban J connectivity index is 1.90. The summed E-state index contributed by atoms with van der Waals surface area (Å²) in [5.41, 5.74) is 0. The normalized spacial score (nSPS) is 16.5. The van der Waals surface area contributed by atoms with Gasteiger partial charge in [-0.1, -0.05) is 32.1 Å². The Morgan fingerprint density at radius 1 is 1.37 bits per heavy atom. The molecule has 1 fully saturated rings. The molecule has 5 heteroatoms. The highest BCUT2D eigenvalue weighted by atomic mass is 16.5. The summed E-state index contributed by atoms with van der Waals surface area (Å²) in [6.07, 6.45) is 8.82. The third kappa shape index (κ3) is 3.78. The molecule has 106 valence electrons. The molecule has 0 bridgehead atoms. The summed E-state index contributed by atoms with van der Waals surface area (Å²) in [7, 11) is 1.84. The molecular weight excluding hydrogens is 242 g/mol. The molecule has 0 spiro atoms. The Morgan fingerprint density at radius 3 is 2.79 bits per heavy atom. The van der Waals surface area contributed by atoms with Crippen LogP contribution in [0.5, 0.6) is 0 Å². The number of ether oxygens (including phenoxy) is 1. The summed E-state index contributed by atoms with van der Waals surface area (Å²) >= 11 is 0. The maximum absolute atomic E-state index is 11.6. The summed E-state index contributed by atoms with van der Waals surface area (Å²) in [5.74, 6) is 1.45. The molecule has 0 radical (unpaired) electrons. The van der Waals surface area contributed by atoms with Gasteiger partial charge in [0.05, 0.1) is 6.61 Å². The van der Waals surface area contributed by atoms with E-state index in [9.17, 15) is 4.79 Å². The molecule has 0 aromatic carbocycles. The van der Waals surface area contributed by atoms with Crippen molar-refractivity contribution in [1.82, 2.24) is 14.8 Å². The van der Waals surface area contributed by atoms with Gasteiger partial charge < -0.3 is 4.74 Å². The largest absolute Gasteiger partial charge is 0.460 e. The lowest BCUT2D eigenvalue weighted by atomic mass is 9.86. The average molecular weight is 265 g/mol. The van der Waals surface area contributed by atoms with Crippen molar-refractivity contribution >= 4 is 5.97 Å². The first-order valence-electron chi connectivity index (χ1n) is 7.27. The van der Waals surface area contributed by atoms with Gasteiger partial charge in [-0.2, -0.15) is 0 Å². The molecular formula is C14H23N3O2. The molecule has 1 aliphatic carbocycles. The van der Waals surface area contributed by atoms with Gasteiger partial charge in [-0.3, -0.25) is 4.68 Å². The van der Waals surface area contributed by atoms with E-state index >= 15 is 0 Å². The van der Waals surface area contributed by atoms with Crippen LogP contribution in [-0.2, 0) is 18.2 Å². The number of aromatic nitrogens is 3. The van der Waals surface area contributed by atoms with Crippen LogP contribution in [0.15, 0.2) is 0 Å². The highest BCUT2D eigenvalue weighted by Gasteiger charge is 2.18. The fourth-order valence-electron chi connectivity index (χ4n) is 2.73. The van der Waals surface area contributed by atoms with Crippen LogP contribution in [0.25, 0.3) is 0 Å². The van der Waals surface area contributed by atoms with E-state index in [1.807, 2.05) is 7.05 Å². The van der Waals surface area contributed by atoms with Crippen LogP contribution in [0.2, 0.25) is 0 Å². The van der Waals surface area contributed by atoms with E-state index in [4.69, 9.17) is 4.74 Å². The van der Waals surface area contributed by atoms with Gasteiger partial charge >= 0.3 is 5.97 Å². The van der Waals surface area contributed by atoms with Crippen molar-refractivity contribution in [2.75, 3.05) is 6.61 Å². The number of hydrogen-bond donors (Lipinski definition) is 0. The minimum atomic E-state index is -0.429. The summed E-state index contributed by atoms with van der Waals surface area (Å²) in [5, 5.41) is 4.12. The van der Waals surface area contributed by atoms with Gasteiger partial charge in [0.2, 0.25) is 0 Å². The molecule has 0 aliphatic heterocycles. The smallest absolute Gasteiger partial charge is 0.378 e. The zero-order chi connectivity index (χ0) is 13.7. The van der Waals surface area contributed by atoms with Crippen LogP contribution in [-0.4, -0.2) is 27.3 Å². The molecule has 0 saturated heterocycles. The van der Waals surface area contributed by atoms with E-state index in [1.54, 1.807) is 11.6 Å². The molecule has 1 aromatic heterocycles. The molecule has 19 heavy (non-hydrogen) atoms. The third-order valence-electron chi connectivity index (χ3n) is 3.81. The van der Waals surface area contributed by atoms with Gasteiger partial charge in [-0.15, -0.1) is 5.10 Å². The van der Waals surface area contributed by atoms with Gasteiger partial charge in [-0.05, 0) is 19.3 Å². The van der Waals surface area contributed by atoms with E-state index < -0.39 is 5.97 Å². The van der Waals surface area contributed by atoms with Crippen LogP contribution < -0.4 is 0 Å². The molecule has 0 amide bonds. The van der Waals surface area contributed by atoms with Crippen molar-refractivity contribution in [3.63, 3.8) is 0 Å². The van der Waals surface area contributed by atoms with Crippen LogP contribution in [0.3, 0.4) is 0 Å². The lowest BCUT2D eigenvalue weighted by Gasteiger charge is -2.20. The minimum Gasteiger partial charge on any atom is -0.460 e. The van der Waals surface area contributed by atoms with E-state index in [-0.39, 0.29) is 5.82 Å². The Kier molecular flexibility index (Phi) is 4.93. The number of rotatable bonds is 5. The lowest BCUT2D eigenvalue weighted by Crippen LogP contribution is -2.09. The maximum Gasteiger partial charge on any atom is 0.378 e. The Hall–Kier alpha value is -1.39. The fraction of sp³-hybridized carbons (Fsp3) is 0.786. The second-order valence-corrected chi connectivity index (χ2v) is 5.24. The monoisotopic (exact) mass is 265 g/mol. The second-order valence-electron chi connectivity index (χ2n) is 5.24. The standard InChI is InChI=1S/C14H23N3O2/c1-3-19-14(18)13-15-12(17(2)16-13)10-9-11-7-5-4-6-8-11/h11H,3-10H2,1-2H3. The summed E-state index contributed by atoms with van der Waals surface area (Å²) in [6, 6.07) is 0. The SMILES string of the molecule is CCOC(=O)c1nc(CCC2CCCCC2)n(C)n1. The van der Waals surface area contributed by atoms with Crippen LogP contribution in [0, 0.1) is 5.92 Å². The predicted molar refractivity (Wildman–Crippen MR) is 71.9 cm³/mol. The Labute approximate surface area is 114 Å². The number of nitrogens with zero attached hydrogens (tertiary/aromatic N) is 3. The lowest BCUT2D eigenvalue weighted by molar-refractivity contribution is 0.0512. The van der Waals surface area contributed by atoms with E-state index in [1.165, 1.54) is 32.1 Å². The average Bonchev–Trinajstić information content (AvgIpc) is 2.79. The van der Waals surface area contributed by atoms with E-state index in [2.05, 4.69) is 10.1 Å². The van der Waals surface area contributed by atoms with Crippen molar-refractivity contribution in [3.8, 4) is 0 Å². The van der Waals surface area contributed by atoms with Crippen LogP contribution in [0.1, 0.15) is 61.9 Å². The van der Waals surface area contributed by atoms with Crippen molar-refractivity contribution in [2.45, 2.75) is 51.9 Å². The number of carbonyl (C=O) groups excluding carboxylic acids is 1. The molecule has 0 unspecified atom stereocenters. The number of esters is 1. The number of hydrogen-bond acceptors (Lipinski definition) is 4. The number of aryl methyl sites for hydroxylation is 2. The quantitative estimate of drug-likeness (QED) is 0.768. The molecule has 1 saturated carbocycles. The van der Waals surface area contributed by atoms with Crippen LogP contribution >= 0.6 is 0 Å². The van der Waals surface area contributed by atoms with Crippen LogP contribution in [0.4, 0.5) is 0 Å². The van der Waals surface area contributed by atoms with Gasteiger partial charge in [-0.25, -0.2) is 9.78 Å². The van der Waals surface area contributed by atoms with Crippen molar-refractivity contribution in [1.29, 1.82) is 0 Å². The molecule has 1 aromatic rings. The van der Waals surface area contributed by atoms with Gasteiger partial charge in [0, 0.05) is 13.5 Å². The zero-order valence-electron chi connectivity index (χ0n) is 11.9. The second kappa shape index (κ2) is 6.68. The highest BCUT2D eigenvalue weighted by molar-refractivity contribution is 5.84. The summed E-state index contributed by atoms with van der Waals surface area (Å²) < 4.78 is 6.62. The molecule has 0 N–H and O–H groups in total. The number of carbonyl (C=O) groups is 1. The fourth-order valence-corrected chi connectivity index (χ4v) is 2.73. The van der Waals surface area contributed by atoms with Crippen molar-refractivity contribution in [2.24, 2.45) is 13.0 Å². The third-order valence-corrected chi connectivity index (χ3v) is 3.81. The minimum absolute atomic E-state index is 0.183. The summed E-state index contributed by atoms with van der Waals surface area (Å²) in [6.45, 7) is 2.14. The maximum atomic E-state index is 11.6. The first-order chi connectivity index (χ1) is 9.20. The zero-order valence-corrected chi connectivity index (χ0v) is 11.9. The predicted octanol–water partition coefficient (Wildman–Crippen LogP) is 2.50. The van der Waals surface area contributed by atoms with Crippen molar-refractivity contribution < 1.29 is 9.53 Å². The molecule has 1 aliphatic rings. The highest BCUT2D eigenvalue weighted by Crippen LogP contribution is 2.27. The topological polar surface area (TPSA) is 57.0 Å². The first kappa shape index (κ1) is 14.0. The van der Waals surface area contributed by atoms with Gasteiger partial charge in [0.25, 0.3) is 5.82 Å². The van der Waals surface area contributed by atoms with Gasteiger partial charge in [0.1, 0.15) is 5.82 Å².